The van der Waals surface area contributed by atoms with Gasteiger partial charge in [0.25, 0.3) is 0 Å². The Bertz CT molecular complexity index is 463. The van der Waals surface area contributed by atoms with Crippen LogP contribution in [0, 0.1) is 23.7 Å². The maximum Gasteiger partial charge on any atom is 0.223 e. The van der Waals surface area contributed by atoms with E-state index in [4.69, 9.17) is 0 Å². The van der Waals surface area contributed by atoms with E-state index >= 15 is 0 Å². The molecular formula is C21H38N2O2. The Morgan fingerprint density at radius 3 is 2.28 bits per heavy atom. The van der Waals surface area contributed by atoms with Gasteiger partial charge in [-0.15, -0.1) is 0 Å². The van der Waals surface area contributed by atoms with E-state index in [0.29, 0.717) is 12.5 Å². The lowest BCUT2D eigenvalue weighted by Gasteiger charge is -2.20. The Morgan fingerprint density at radius 2 is 1.88 bits per heavy atom. The summed E-state index contributed by atoms with van der Waals surface area (Å²) in [6.45, 7) is 15.6. The second-order valence-electron chi connectivity index (χ2n) is 7.44. The lowest BCUT2D eigenvalue weighted by Crippen LogP contribution is -2.35. The van der Waals surface area contributed by atoms with E-state index in [2.05, 4.69) is 50.5 Å². The van der Waals surface area contributed by atoms with Gasteiger partial charge in [0.15, 0.2) is 0 Å². The van der Waals surface area contributed by atoms with Crippen molar-refractivity contribution in [1.29, 1.82) is 0 Å². The van der Waals surface area contributed by atoms with Crippen LogP contribution in [0.25, 0.3) is 0 Å². The van der Waals surface area contributed by atoms with Crippen LogP contribution in [0.4, 0.5) is 0 Å². The fourth-order valence-electron chi connectivity index (χ4n) is 2.43. The fraction of sp³-hybridized carbons (Fsp3) is 0.714. The molecule has 25 heavy (non-hydrogen) atoms. The van der Waals surface area contributed by atoms with Crippen molar-refractivity contribution in [1.82, 2.24) is 10.6 Å². The van der Waals surface area contributed by atoms with Gasteiger partial charge < -0.3 is 10.6 Å². The van der Waals surface area contributed by atoms with Gasteiger partial charge in [0.2, 0.25) is 11.8 Å². The molecule has 0 bridgehead atoms. The van der Waals surface area contributed by atoms with E-state index in [1.165, 1.54) is 5.57 Å². The number of hydrogen-bond donors (Lipinski definition) is 2. The van der Waals surface area contributed by atoms with Gasteiger partial charge in [0, 0.05) is 24.9 Å². The summed E-state index contributed by atoms with van der Waals surface area (Å²) in [5.74, 6) is 0.950. The first-order valence-electron chi connectivity index (χ1n) is 9.50. The number of carbonyl (C=O) groups excluding carboxylic acids is 2. The zero-order valence-corrected chi connectivity index (χ0v) is 17.2. The highest BCUT2D eigenvalue weighted by atomic mass is 16.2. The van der Waals surface area contributed by atoms with Gasteiger partial charge >= 0.3 is 0 Å². The molecule has 1 aliphatic heterocycles. The van der Waals surface area contributed by atoms with Crippen molar-refractivity contribution in [2.45, 2.75) is 61.3 Å². The van der Waals surface area contributed by atoms with E-state index in [9.17, 15) is 9.59 Å². The molecule has 3 atom stereocenters. The average Bonchev–Trinajstić information content (AvgIpc) is 2.97. The van der Waals surface area contributed by atoms with Crippen LogP contribution in [0.1, 0.15) is 61.3 Å². The van der Waals surface area contributed by atoms with Crippen molar-refractivity contribution < 1.29 is 9.59 Å². The molecule has 0 aromatic rings. The standard InChI is InChI=1S/C16H28N2O2.C5H10/c1-5-6-13(9-14-7-8-17-16(14)20)10-18-15(19)12(4)11(2)3;1-4-5(2)3/h5-6,11-14H,7-10H2,1-4H3,(H,17,20)(H,18,19);4H,1-3H3/b6-5+;. The van der Waals surface area contributed by atoms with Gasteiger partial charge in [-0.25, -0.2) is 0 Å². The van der Waals surface area contributed by atoms with E-state index in [-0.39, 0.29) is 29.6 Å². The largest absolute Gasteiger partial charge is 0.356 e. The molecule has 0 spiro atoms. The average molecular weight is 351 g/mol. The van der Waals surface area contributed by atoms with Crippen LogP contribution in [0.3, 0.4) is 0 Å². The molecule has 1 aliphatic rings. The van der Waals surface area contributed by atoms with Crippen LogP contribution in [0.15, 0.2) is 23.8 Å². The monoisotopic (exact) mass is 350 g/mol. The van der Waals surface area contributed by atoms with Gasteiger partial charge in [-0.1, -0.05) is 44.6 Å². The molecule has 0 saturated carbocycles. The summed E-state index contributed by atoms with van der Waals surface area (Å²) in [6.07, 6.45) is 7.89. The van der Waals surface area contributed by atoms with Crippen LogP contribution in [0.2, 0.25) is 0 Å². The lowest BCUT2D eigenvalue weighted by molar-refractivity contribution is -0.125. The first-order chi connectivity index (χ1) is 11.7. The molecule has 1 fully saturated rings. The van der Waals surface area contributed by atoms with Crippen LogP contribution in [-0.2, 0) is 9.59 Å². The Morgan fingerprint density at radius 1 is 1.28 bits per heavy atom. The van der Waals surface area contributed by atoms with E-state index < -0.39 is 0 Å². The molecule has 0 aliphatic carbocycles. The molecule has 0 aromatic heterocycles. The van der Waals surface area contributed by atoms with Crippen molar-refractivity contribution in [3.05, 3.63) is 23.8 Å². The number of nitrogens with one attached hydrogen (secondary N) is 2. The normalized spacial score (nSPS) is 19.0. The molecular weight excluding hydrogens is 312 g/mol. The summed E-state index contributed by atoms with van der Waals surface area (Å²) in [5, 5.41) is 5.88. The summed E-state index contributed by atoms with van der Waals surface area (Å²) in [6, 6.07) is 0. The zero-order chi connectivity index (χ0) is 19.4. The topological polar surface area (TPSA) is 58.2 Å². The molecule has 0 aromatic carbocycles. The third kappa shape index (κ3) is 10.1. The molecule has 1 rings (SSSR count). The van der Waals surface area contributed by atoms with Gasteiger partial charge in [-0.2, -0.15) is 0 Å². The lowest BCUT2D eigenvalue weighted by atomic mass is 9.92. The van der Waals surface area contributed by atoms with Gasteiger partial charge in [-0.3, -0.25) is 9.59 Å². The fourth-order valence-corrected chi connectivity index (χ4v) is 2.43. The summed E-state index contributed by atoms with van der Waals surface area (Å²) in [7, 11) is 0. The summed E-state index contributed by atoms with van der Waals surface area (Å²) in [5.41, 5.74) is 1.38. The predicted octanol–water partition coefficient (Wildman–Crippen LogP) is 4.09. The van der Waals surface area contributed by atoms with E-state index in [1.807, 2.05) is 26.8 Å². The third-order valence-electron chi connectivity index (χ3n) is 4.74. The highest BCUT2D eigenvalue weighted by Gasteiger charge is 2.26. The molecule has 4 nitrogen and oxygen atoms in total. The summed E-state index contributed by atoms with van der Waals surface area (Å²) >= 11 is 0. The Balaban J connectivity index is 0.00000101. The van der Waals surface area contributed by atoms with E-state index in [0.717, 1.165) is 19.4 Å². The first-order valence-corrected chi connectivity index (χ1v) is 9.50. The van der Waals surface area contributed by atoms with Gasteiger partial charge in [-0.05, 0) is 52.4 Å². The minimum atomic E-state index is 0.0241. The summed E-state index contributed by atoms with van der Waals surface area (Å²) < 4.78 is 0. The number of allylic oxidation sites excluding steroid dienone is 3. The van der Waals surface area contributed by atoms with Gasteiger partial charge in [0.05, 0.1) is 0 Å². The maximum atomic E-state index is 12.0. The molecule has 1 saturated heterocycles. The van der Waals surface area contributed by atoms with Crippen LogP contribution >= 0.6 is 0 Å². The third-order valence-corrected chi connectivity index (χ3v) is 4.74. The van der Waals surface area contributed by atoms with Crippen molar-refractivity contribution in [3.63, 3.8) is 0 Å². The highest BCUT2D eigenvalue weighted by Crippen LogP contribution is 2.20. The Hall–Kier alpha value is -1.58. The predicted molar refractivity (Wildman–Crippen MR) is 106 cm³/mol. The zero-order valence-electron chi connectivity index (χ0n) is 17.2. The molecule has 1 heterocycles. The second kappa shape index (κ2) is 12.7. The molecule has 144 valence electrons. The van der Waals surface area contributed by atoms with Crippen molar-refractivity contribution >= 4 is 11.8 Å². The highest BCUT2D eigenvalue weighted by molar-refractivity contribution is 5.80. The number of amides is 2. The minimum absolute atomic E-state index is 0.0241. The number of rotatable bonds is 7. The number of carbonyl (C=O) groups is 2. The van der Waals surface area contributed by atoms with Crippen LogP contribution in [-0.4, -0.2) is 24.9 Å². The molecule has 0 radical (unpaired) electrons. The first kappa shape index (κ1) is 23.4. The van der Waals surface area contributed by atoms with Crippen molar-refractivity contribution in [3.8, 4) is 0 Å². The molecule has 4 heteroatoms. The SMILES string of the molecule is C/C=C/C(CNC(=O)C(C)C(C)C)CC1CCNC1=O.CC=C(C)C. The van der Waals surface area contributed by atoms with E-state index in [1.54, 1.807) is 0 Å². The quantitative estimate of drug-likeness (QED) is 0.680. The van der Waals surface area contributed by atoms with Crippen LogP contribution < -0.4 is 10.6 Å². The van der Waals surface area contributed by atoms with Gasteiger partial charge in [0.1, 0.15) is 0 Å². The smallest absolute Gasteiger partial charge is 0.223 e. The maximum absolute atomic E-state index is 12.0. The summed E-state index contributed by atoms with van der Waals surface area (Å²) in [4.78, 5) is 23.6. The second-order valence-corrected chi connectivity index (χ2v) is 7.44. The Kier molecular flexibility index (Phi) is 11.9. The molecule has 2 N–H and O–H groups in total. The minimum Gasteiger partial charge on any atom is -0.356 e. The number of hydrogen-bond acceptors (Lipinski definition) is 2. The van der Waals surface area contributed by atoms with Crippen molar-refractivity contribution in [2.75, 3.05) is 13.1 Å². The van der Waals surface area contributed by atoms with Crippen LogP contribution in [0.5, 0.6) is 0 Å². The molecule has 2 amide bonds. The molecule has 3 unspecified atom stereocenters. The Labute approximate surface area is 154 Å². The van der Waals surface area contributed by atoms with Crippen molar-refractivity contribution in [2.24, 2.45) is 23.7 Å².